The fraction of sp³-hybridized carbons (Fsp3) is 0.211. The van der Waals surface area contributed by atoms with Gasteiger partial charge in [-0.2, -0.15) is 0 Å². The minimum absolute atomic E-state index is 0.176. The van der Waals surface area contributed by atoms with E-state index in [9.17, 15) is 13.2 Å². The van der Waals surface area contributed by atoms with Gasteiger partial charge in [0.05, 0.1) is 18.0 Å². The van der Waals surface area contributed by atoms with Crippen LogP contribution in [0.4, 0.5) is 5.69 Å². The van der Waals surface area contributed by atoms with E-state index >= 15 is 0 Å². The molecular weight excluding hydrogens is 336 g/mol. The van der Waals surface area contributed by atoms with Crippen molar-refractivity contribution in [3.63, 3.8) is 0 Å². The summed E-state index contributed by atoms with van der Waals surface area (Å²) < 4.78 is 25.2. The summed E-state index contributed by atoms with van der Waals surface area (Å²) in [5.41, 5.74) is 1.97. The zero-order valence-electron chi connectivity index (χ0n) is 13.6. The number of hydrogen-bond donors (Lipinski definition) is 1. The largest absolute Gasteiger partial charge is 0.341 e. The first-order valence-electron chi connectivity index (χ1n) is 7.99. The molecule has 0 saturated carbocycles. The maximum Gasteiger partial charge on any atom is 0.252 e. The normalized spacial score (nSPS) is 15.3. The quantitative estimate of drug-likeness (QED) is 0.858. The van der Waals surface area contributed by atoms with Gasteiger partial charge < -0.3 is 5.32 Å². The van der Waals surface area contributed by atoms with Gasteiger partial charge >= 0.3 is 0 Å². The van der Waals surface area contributed by atoms with Crippen LogP contribution in [0.5, 0.6) is 0 Å². The molecule has 0 unspecified atom stereocenters. The minimum Gasteiger partial charge on any atom is -0.341 e. The lowest BCUT2D eigenvalue weighted by molar-refractivity contribution is 0.0958. The monoisotopic (exact) mass is 354 g/mol. The summed E-state index contributed by atoms with van der Waals surface area (Å²) >= 11 is 0. The number of benzene rings is 2. The van der Waals surface area contributed by atoms with Gasteiger partial charge in [0, 0.05) is 17.7 Å². The summed E-state index contributed by atoms with van der Waals surface area (Å²) in [5, 5.41) is 2.73. The Labute approximate surface area is 147 Å². The van der Waals surface area contributed by atoms with E-state index in [0.29, 0.717) is 24.2 Å². The van der Waals surface area contributed by atoms with E-state index < -0.39 is 10.0 Å². The number of carbonyl (C=O) groups excluding carboxylic acids is 1. The van der Waals surface area contributed by atoms with Crippen molar-refractivity contribution < 1.29 is 13.2 Å². The molecule has 0 spiro atoms. The number of hydrogen-bond acceptors (Lipinski definition) is 3. The van der Waals surface area contributed by atoms with Crippen LogP contribution >= 0.6 is 0 Å². The number of nitrogens with one attached hydrogen (secondary N) is 1. The topological polar surface area (TPSA) is 66.5 Å². The summed E-state index contributed by atoms with van der Waals surface area (Å²) in [6.45, 7) is 0.735. The van der Waals surface area contributed by atoms with Crippen LogP contribution in [0.15, 0.2) is 54.6 Å². The molecule has 2 aromatic carbocycles. The van der Waals surface area contributed by atoms with Gasteiger partial charge in [-0.25, -0.2) is 8.42 Å². The van der Waals surface area contributed by atoms with Gasteiger partial charge in [-0.15, -0.1) is 0 Å². The molecule has 6 heteroatoms. The highest BCUT2D eigenvalue weighted by atomic mass is 32.2. The smallest absolute Gasteiger partial charge is 0.252 e. The van der Waals surface area contributed by atoms with E-state index in [-0.39, 0.29) is 18.2 Å². The second kappa shape index (κ2) is 7.41. The number of amides is 1. The number of anilines is 1. The van der Waals surface area contributed by atoms with Gasteiger partial charge in [0.2, 0.25) is 10.0 Å². The highest BCUT2D eigenvalue weighted by Crippen LogP contribution is 2.24. The molecule has 0 radical (unpaired) electrons. The predicted octanol–water partition coefficient (Wildman–Crippen LogP) is 2.01. The Morgan fingerprint density at radius 2 is 1.80 bits per heavy atom. The molecule has 1 N–H and O–H groups in total. The molecule has 5 nitrogen and oxygen atoms in total. The summed E-state index contributed by atoms with van der Waals surface area (Å²) in [6.07, 6.45) is 0.630. The molecule has 1 aliphatic heterocycles. The molecule has 0 atom stereocenters. The lowest BCUT2D eigenvalue weighted by atomic mass is 10.2. The second-order valence-corrected chi connectivity index (χ2v) is 7.65. The van der Waals surface area contributed by atoms with Crippen LogP contribution in [0.3, 0.4) is 0 Å². The minimum atomic E-state index is -3.20. The standard InChI is InChI=1S/C19H18N2O3S/c22-19(20-13-4-8-16-6-2-1-3-7-16)17-9-11-18(12-10-17)21-14-5-15-25(21,23)24/h1-3,6-7,9-12H,5,13-15H2,(H,20,22). The van der Waals surface area contributed by atoms with Crippen molar-refractivity contribution in [2.45, 2.75) is 6.42 Å². The van der Waals surface area contributed by atoms with Crippen molar-refractivity contribution in [1.82, 2.24) is 5.32 Å². The molecule has 1 fully saturated rings. The zero-order valence-corrected chi connectivity index (χ0v) is 14.4. The Kier molecular flexibility index (Phi) is 5.05. The lowest BCUT2D eigenvalue weighted by Crippen LogP contribution is -2.26. The van der Waals surface area contributed by atoms with Crippen LogP contribution in [0, 0.1) is 11.8 Å². The average molecular weight is 354 g/mol. The highest BCUT2D eigenvalue weighted by molar-refractivity contribution is 7.93. The first-order chi connectivity index (χ1) is 12.1. The van der Waals surface area contributed by atoms with Crippen LogP contribution in [-0.2, 0) is 10.0 Å². The van der Waals surface area contributed by atoms with Crippen LogP contribution in [0.2, 0.25) is 0 Å². The molecular formula is C19H18N2O3S. The second-order valence-electron chi connectivity index (χ2n) is 5.64. The maximum atomic E-state index is 12.1. The van der Waals surface area contributed by atoms with Gasteiger partial charge in [0.1, 0.15) is 0 Å². The van der Waals surface area contributed by atoms with Crippen molar-refractivity contribution in [2.75, 3.05) is 23.1 Å². The van der Waals surface area contributed by atoms with Crippen LogP contribution < -0.4 is 9.62 Å². The summed E-state index contributed by atoms with van der Waals surface area (Å²) in [6, 6.07) is 16.1. The van der Waals surface area contributed by atoms with E-state index in [0.717, 1.165) is 5.56 Å². The van der Waals surface area contributed by atoms with Crippen LogP contribution in [0.25, 0.3) is 0 Å². The third-order valence-electron chi connectivity index (χ3n) is 3.86. The van der Waals surface area contributed by atoms with E-state index in [1.165, 1.54) is 4.31 Å². The van der Waals surface area contributed by atoms with Crippen molar-refractivity contribution >= 4 is 21.6 Å². The zero-order chi connectivity index (χ0) is 17.7. The van der Waals surface area contributed by atoms with Gasteiger partial charge in [0.25, 0.3) is 5.91 Å². The lowest BCUT2D eigenvalue weighted by Gasteiger charge is -2.16. The van der Waals surface area contributed by atoms with Crippen molar-refractivity contribution in [3.8, 4) is 11.8 Å². The Morgan fingerprint density at radius 1 is 1.08 bits per heavy atom. The highest BCUT2D eigenvalue weighted by Gasteiger charge is 2.28. The van der Waals surface area contributed by atoms with Gasteiger partial charge in [-0.05, 0) is 42.8 Å². The van der Waals surface area contributed by atoms with E-state index in [2.05, 4.69) is 17.2 Å². The van der Waals surface area contributed by atoms with Gasteiger partial charge in [-0.3, -0.25) is 9.10 Å². The first kappa shape index (κ1) is 17.1. The van der Waals surface area contributed by atoms with Crippen molar-refractivity contribution in [3.05, 3.63) is 65.7 Å². The fourth-order valence-electron chi connectivity index (χ4n) is 2.60. The Bertz CT molecular complexity index is 911. The van der Waals surface area contributed by atoms with Crippen LogP contribution in [-0.4, -0.2) is 33.2 Å². The van der Waals surface area contributed by atoms with Crippen molar-refractivity contribution in [1.29, 1.82) is 0 Å². The third-order valence-corrected chi connectivity index (χ3v) is 5.73. The molecule has 1 heterocycles. The average Bonchev–Trinajstić information content (AvgIpc) is 2.99. The molecule has 2 aromatic rings. The molecule has 25 heavy (non-hydrogen) atoms. The number of nitrogens with zero attached hydrogens (tertiary/aromatic N) is 1. The molecule has 0 aromatic heterocycles. The maximum absolute atomic E-state index is 12.1. The summed E-state index contributed by atoms with van der Waals surface area (Å²) in [7, 11) is -3.20. The predicted molar refractivity (Wildman–Crippen MR) is 97.8 cm³/mol. The molecule has 0 aliphatic carbocycles. The first-order valence-corrected chi connectivity index (χ1v) is 9.60. The summed E-state index contributed by atoms with van der Waals surface area (Å²) in [5.74, 6) is 5.81. The Morgan fingerprint density at radius 3 is 2.44 bits per heavy atom. The SMILES string of the molecule is O=C(NCC#Cc1ccccc1)c1ccc(N2CCCS2(=O)=O)cc1. The summed E-state index contributed by atoms with van der Waals surface area (Å²) in [4.78, 5) is 12.1. The molecule has 1 amide bonds. The fourth-order valence-corrected chi connectivity index (χ4v) is 4.17. The number of rotatable bonds is 3. The Balaban J connectivity index is 1.59. The molecule has 128 valence electrons. The van der Waals surface area contributed by atoms with Crippen molar-refractivity contribution in [2.24, 2.45) is 0 Å². The molecule has 1 saturated heterocycles. The molecule has 3 rings (SSSR count). The van der Waals surface area contributed by atoms with E-state index in [4.69, 9.17) is 0 Å². The van der Waals surface area contributed by atoms with Crippen LogP contribution in [0.1, 0.15) is 22.3 Å². The molecule has 0 bridgehead atoms. The third kappa shape index (κ3) is 4.20. The van der Waals surface area contributed by atoms with E-state index in [1.807, 2.05) is 30.3 Å². The molecule has 1 aliphatic rings. The van der Waals surface area contributed by atoms with Gasteiger partial charge in [-0.1, -0.05) is 30.0 Å². The van der Waals surface area contributed by atoms with E-state index in [1.54, 1.807) is 24.3 Å². The van der Waals surface area contributed by atoms with Gasteiger partial charge in [0.15, 0.2) is 0 Å². The Hall–Kier alpha value is -2.78. The number of carbonyl (C=O) groups is 1. The number of sulfonamides is 1.